The molecule has 108 valence electrons. The van der Waals surface area contributed by atoms with Crippen molar-refractivity contribution in [2.75, 3.05) is 13.6 Å². The molecule has 0 spiro atoms. The zero-order chi connectivity index (χ0) is 14.5. The summed E-state index contributed by atoms with van der Waals surface area (Å²) < 4.78 is 2.03. The molecule has 20 heavy (non-hydrogen) atoms. The highest BCUT2D eigenvalue weighted by Gasteiger charge is 2.15. The van der Waals surface area contributed by atoms with Crippen LogP contribution in [0.4, 0.5) is 0 Å². The van der Waals surface area contributed by atoms with Crippen LogP contribution < -0.4 is 5.32 Å². The molecule has 0 saturated heterocycles. The van der Waals surface area contributed by atoms with Gasteiger partial charge in [-0.15, -0.1) is 0 Å². The summed E-state index contributed by atoms with van der Waals surface area (Å²) in [5.41, 5.74) is 5.21. The number of nitrogens with zero attached hydrogens (tertiary/aromatic N) is 2. The van der Waals surface area contributed by atoms with Crippen LogP contribution >= 0.6 is 0 Å². The smallest absolute Gasteiger partial charge is 0.0624 e. The van der Waals surface area contributed by atoms with Gasteiger partial charge in [-0.2, -0.15) is 5.10 Å². The Kier molecular flexibility index (Phi) is 4.96. The van der Waals surface area contributed by atoms with Crippen molar-refractivity contribution in [2.24, 2.45) is 7.05 Å². The second-order valence-corrected chi connectivity index (χ2v) is 5.48. The zero-order valence-electron chi connectivity index (χ0n) is 13.0. The molecule has 2 aromatic rings. The van der Waals surface area contributed by atoms with Crippen LogP contribution in [0.15, 0.2) is 30.3 Å². The molecule has 1 aromatic carbocycles. The van der Waals surface area contributed by atoms with Crippen molar-refractivity contribution in [3.8, 4) is 0 Å². The van der Waals surface area contributed by atoms with Crippen molar-refractivity contribution in [3.05, 3.63) is 52.8 Å². The van der Waals surface area contributed by atoms with E-state index in [9.17, 15) is 0 Å². The van der Waals surface area contributed by atoms with Crippen LogP contribution in [0.2, 0.25) is 0 Å². The van der Waals surface area contributed by atoms with Gasteiger partial charge in [0.15, 0.2) is 0 Å². The minimum atomic E-state index is 0.486. The number of aryl methyl sites for hydroxylation is 3. The lowest BCUT2D eigenvalue weighted by Crippen LogP contribution is -2.20. The fourth-order valence-electron chi connectivity index (χ4n) is 2.67. The molecule has 2 rings (SSSR count). The van der Waals surface area contributed by atoms with Crippen molar-refractivity contribution in [2.45, 2.75) is 32.6 Å². The molecule has 0 radical (unpaired) electrons. The monoisotopic (exact) mass is 271 g/mol. The van der Waals surface area contributed by atoms with E-state index in [1.807, 2.05) is 18.8 Å². The van der Waals surface area contributed by atoms with E-state index in [2.05, 4.69) is 54.6 Å². The van der Waals surface area contributed by atoms with E-state index in [1.54, 1.807) is 0 Å². The number of hydrogen-bond acceptors (Lipinski definition) is 2. The van der Waals surface area contributed by atoms with Gasteiger partial charge in [0.25, 0.3) is 0 Å². The third-order valence-electron chi connectivity index (χ3n) is 3.81. The maximum atomic E-state index is 4.55. The summed E-state index contributed by atoms with van der Waals surface area (Å²) in [6.45, 7) is 5.28. The van der Waals surface area contributed by atoms with Crippen LogP contribution in [0.25, 0.3) is 0 Å². The number of likely N-dealkylation sites (N-methyl/N-ethyl adjacent to an activating group) is 1. The molecule has 0 amide bonds. The Balaban J connectivity index is 2.22. The predicted molar refractivity (Wildman–Crippen MR) is 84.1 cm³/mol. The van der Waals surface area contributed by atoms with Crippen molar-refractivity contribution in [1.82, 2.24) is 15.1 Å². The molecule has 0 aliphatic carbocycles. The molecular formula is C17H25N3. The van der Waals surface area contributed by atoms with E-state index < -0.39 is 0 Å². The molecule has 0 aliphatic heterocycles. The minimum absolute atomic E-state index is 0.486. The lowest BCUT2D eigenvalue weighted by atomic mass is 9.93. The summed E-state index contributed by atoms with van der Waals surface area (Å²) in [6.07, 6.45) is 2.02. The predicted octanol–water partition coefficient (Wildman–Crippen LogP) is 2.84. The van der Waals surface area contributed by atoms with Gasteiger partial charge in [-0.05, 0) is 38.4 Å². The fraction of sp³-hybridized carbons (Fsp3) is 0.471. The van der Waals surface area contributed by atoms with E-state index in [0.29, 0.717) is 5.92 Å². The second-order valence-electron chi connectivity index (χ2n) is 5.48. The van der Waals surface area contributed by atoms with Crippen LogP contribution in [0.3, 0.4) is 0 Å². The molecule has 1 unspecified atom stereocenters. The van der Waals surface area contributed by atoms with Crippen molar-refractivity contribution in [1.29, 1.82) is 0 Å². The highest BCUT2D eigenvalue weighted by molar-refractivity contribution is 5.27. The maximum absolute atomic E-state index is 4.55. The molecule has 0 bridgehead atoms. The topological polar surface area (TPSA) is 29.9 Å². The van der Waals surface area contributed by atoms with Gasteiger partial charge < -0.3 is 5.32 Å². The molecule has 1 aromatic heterocycles. The lowest BCUT2D eigenvalue weighted by molar-refractivity contribution is 0.590. The average Bonchev–Trinajstić information content (AvgIpc) is 2.79. The number of rotatable bonds is 6. The van der Waals surface area contributed by atoms with Crippen LogP contribution in [0, 0.1) is 6.92 Å². The van der Waals surface area contributed by atoms with E-state index in [-0.39, 0.29) is 0 Å². The van der Waals surface area contributed by atoms with Crippen LogP contribution in [0.1, 0.15) is 35.4 Å². The summed E-state index contributed by atoms with van der Waals surface area (Å²) in [5.74, 6) is 0.486. The van der Waals surface area contributed by atoms with Gasteiger partial charge in [-0.1, -0.05) is 36.8 Å². The lowest BCUT2D eigenvalue weighted by Gasteiger charge is -2.17. The summed E-state index contributed by atoms with van der Waals surface area (Å²) in [4.78, 5) is 0. The van der Waals surface area contributed by atoms with Crippen LogP contribution in [-0.4, -0.2) is 23.4 Å². The molecule has 0 aliphatic rings. The van der Waals surface area contributed by atoms with E-state index in [0.717, 1.165) is 19.4 Å². The third-order valence-corrected chi connectivity index (χ3v) is 3.81. The first kappa shape index (κ1) is 14.8. The van der Waals surface area contributed by atoms with Crippen LogP contribution in [0.5, 0.6) is 0 Å². The van der Waals surface area contributed by atoms with Gasteiger partial charge in [0, 0.05) is 25.2 Å². The second kappa shape index (κ2) is 6.71. The largest absolute Gasteiger partial charge is 0.319 e. The normalized spacial score (nSPS) is 12.6. The summed E-state index contributed by atoms with van der Waals surface area (Å²) >= 11 is 0. The Bertz CT molecular complexity index is 557. The SMILES string of the molecule is CCc1cc(CC(CNC)c2cccc(C)c2)n(C)n1. The highest BCUT2D eigenvalue weighted by atomic mass is 15.3. The Morgan fingerprint density at radius 3 is 2.70 bits per heavy atom. The summed E-state index contributed by atoms with van der Waals surface area (Å²) in [7, 11) is 4.06. The van der Waals surface area contributed by atoms with Crippen LogP contribution in [-0.2, 0) is 19.9 Å². The molecule has 1 atom stereocenters. The first-order chi connectivity index (χ1) is 9.63. The molecule has 0 saturated carbocycles. The Labute approximate surface area is 122 Å². The van der Waals surface area contributed by atoms with Gasteiger partial charge in [-0.25, -0.2) is 0 Å². The third kappa shape index (κ3) is 3.48. The maximum Gasteiger partial charge on any atom is 0.0624 e. The van der Waals surface area contributed by atoms with Crippen molar-refractivity contribution < 1.29 is 0 Å². The van der Waals surface area contributed by atoms with Gasteiger partial charge in [-0.3, -0.25) is 4.68 Å². The molecule has 3 heteroatoms. The van der Waals surface area contributed by atoms with Gasteiger partial charge in [0.05, 0.1) is 5.69 Å². The van der Waals surface area contributed by atoms with E-state index in [1.165, 1.54) is 22.5 Å². The number of nitrogens with one attached hydrogen (secondary N) is 1. The number of benzene rings is 1. The number of aromatic nitrogens is 2. The van der Waals surface area contributed by atoms with Crippen molar-refractivity contribution in [3.63, 3.8) is 0 Å². The highest BCUT2D eigenvalue weighted by Crippen LogP contribution is 2.21. The zero-order valence-corrected chi connectivity index (χ0v) is 13.0. The van der Waals surface area contributed by atoms with Gasteiger partial charge in [0.1, 0.15) is 0 Å². The standard InChI is InChI=1S/C17H25N3/c1-5-16-11-17(20(4)19-16)10-15(12-18-3)14-8-6-7-13(2)9-14/h6-9,11,15,18H,5,10,12H2,1-4H3. The first-order valence-corrected chi connectivity index (χ1v) is 7.37. The van der Waals surface area contributed by atoms with E-state index >= 15 is 0 Å². The molecule has 1 heterocycles. The van der Waals surface area contributed by atoms with Gasteiger partial charge >= 0.3 is 0 Å². The summed E-state index contributed by atoms with van der Waals surface area (Å²) in [5, 5.41) is 7.87. The Morgan fingerprint density at radius 1 is 1.30 bits per heavy atom. The molecule has 3 nitrogen and oxygen atoms in total. The fourth-order valence-corrected chi connectivity index (χ4v) is 2.67. The minimum Gasteiger partial charge on any atom is -0.319 e. The molecule has 1 N–H and O–H groups in total. The van der Waals surface area contributed by atoms with E-state index in [4.69, 9.17) is 0 Å². The summed E-state index contributed by atoms with van der Waals surface area (Å²) in [6, 6.07) is 11.1. The van der Waals surface area contributed by atoms with Crippen molar-refractivity contribution >= 4 is 0 Å². The molecule has 0 fully saturated rings. The quantitative estimate of drug-likeness (QED) is 0.875. The molecular weight excluding hydrogens is 246 g/mol. The Hall–Kier alpha value is -1.61. The first-order valence-electron chi connectivity index (χ1n) is 7.37. The Morgan fingerprint density at radius 2 is 2.10 bits per heavy atom. The average molecular weight is 271 g/mol. The van der Waals surface area contributed by atoms with Gasteiger partial charge in [0.2, 0.25) is 0 Å². The number of hydrogen-bond donors (Lipinski definition) is 1.